The van der Waals surface area contributed by atoms with Gasteiger partial charge in [0.15, 0.2) is 5.17 Å². The highest BCUT2D eigenvalue weighted by atomic mass is 127. The fourth-order valence-corrected chi connectivity index (χ4v) is 5.38. The molecular weight excluding hydrogens is 574 g/mol. The number of rotatable bonds is 3. The Labute approximate surface area is 184 Å². The monoisotopic (exact) mass is 590 g/mol. The average Bonchev–Trinajstić information content (AvgIpc) is 2.89. The average molecular weight is 590 g/mol. The van der Waals surface area contributed by atoms with Gasteiger partial charge in [-0.3, -0.25) is 9.69 Å². The van der Waals surface area contributed by atoms with Crippen LogP contribution in [0.25, 0.3) is 6.08 Å². The van der Waals surface area contributed by atoms with Gasteiger partial charge in [0.05, 0.1) is 14.2 Å². The van der Waals surface area contributed by atoms with Crippen LogP contribution in [-0.4, -0.2) is 27.6 Å². The van der Waals surface area contributed by atoms with Crippen molar-refractivity contribution < 1.29 is 9.90 Å². The minimum absolute atomic E-state index is 0.0865. The summed E-state index contributed by atoms with van der Waals surface area (Å²) in [4.78, 5) is 19.6. The number of carbonyl (C=O) groups excluding carboxylic acids is 1. The predicted octanol–water partition coefficient (Wildman–Crippen LogP) is 5.53. The highest BCUT2D eigenvalue weighted by Gasteiger charge is 2.32. The van der Waals surface area contributed by atoms with Crippen molar-refractivity contribution in [1.82, 2.24) is 4.90 Å². The molecule has 2 aromatic carbocycles. The molecule has 7 heteroatoms. The van der Waals surface area contributed by atoms with Gasteiger partial charge in [-0.05, 0) is 101 Å². The first-order chi connectivity index (χ1) is 12.4. The summed E-state index contributed by atoms with van der Waals surface area (Å²) in [6, 6.07) is 11.6. The molecule has 0 spiro atoms. The second kappa shape index (κ2) is 8.30. The second-order valence-electron chi connectivity index (χ2n) is 5.72. The number of aryl methyl sites for hydroxylation is 1. The number of benzene rings is 2. The van der Waals surface area contributed by atoms with Gasteiger partial charge < -0.3 is 5.11 Å². The number of phenols is 1. The van der Waals surface area contributed by atoms with Crippen LogP contribution in [0.5, 0.6) is 5.75 Å². The Hall–Kier alpha value is -1.07. The Morgan fingerprint density at radius 3 is 2.58 bits per heavy atom. The molecule has 1 amide bonds. The molecule has 0 saturated carbocycles. The lowest BCUT2D eigenvalue weighted by molar-refractivity contribution is -0.122. The van der Waals surface area contributed by atoms with E-state index in [1.807, 2.05) is 50.2 Å². The van der Waals surface area contributed by atoms with Crippen LogP contribution in [0, 0.1) is 14.1 Å². The van der Waals surface area contributed by atoms with E-state index in [0.29, 0.717) is 22.2 Å². The number of likely N-dealkylation sites (N-methyl/N-ethyl adjacent to an activating group) is 1. The van der Waals surface area contributed by atoms with Gasteiger partial charge in [-0.2, -0.15) is 0 Å². The Morgan fingerprint density at radius 2 is 1.92 bits per heavy atom. The van der Waals surface area contributed by atoms with Gasteiger partial charge in [0.25, 0.3) is 5.91 Å². The van der Waals surface area contributed by atoms with Crippen molar-refractivity contribution >= 4 is 79.8 Å². The first-order valence-corrected chi connectivity index (χ1v) is 10.9. The van der Waals surface area contributed by atoms with Gasteiger partial charge in [0.2, 0.25) is 0 Å². The maximum Gasteiger partial charge on any atom is 0.266 e. The number of phenolic OH excluding ortho intramolecular Hbond substituents is 1. The molecule has 1 fully saturated rings. The summed E-state index contributed by atoms with van der Waals surface area (Å²) in [5, 5.41) is 11.0. The number of aliphatic imine (C=N–C) groups is 1. The molecule has 3 rings (SSSR count). The van der Waals surface area contributed by atoms with E-state index >= 15 is 0 Å². The summed E-state index contributed by atoms with van der Waals surface area (Å²) in [6.07, 6.45) is 1.74. The molecule has 2 aromatic rings. The third kappa shape index (κ3) is 4.25. The predicted molar refractivity (Wildman–Crippen MR) is 125 cm³/mol. The van der Waals surface area contributed by atoms with E-state index in [4.69, 9.17) is 0 Å². The SMILES string of the molecule is CCN1C(=O)/C(=C\c2cc(I)cc(I)c2O)SC1=Nc1ccc(C)cc1. The summed E-state index contributed by atoms with van der Waals surface area (Å²) < 4.78 is 1.77. The molecule has 0 atom stereocenters. The number of hydrogen-bond acceptors (Lipinski definition) is 4. The maximum absolute atomic E-state index is 12.7. The highest BCUT2D eigenvalue weighted by molar-refractivity contribution is 14.1. The minimum Gasteiger partial charge on any atom is -0.506 e. The van der Waals surface area contributed by atoms with Gasteiger partial charge in [0.1, 0.15) is 5.75 Å². The van der Waals surface area contributed by atoms with Crippen molar-refractivity contribution in [2.75, 3.05) is 6.54 Å². The lowest BCUT2D eigenvalue weighted by Crippen LogP contribution is -2.28. The smallest absolute Gasteiger partial charge is 0.266 e. The number of nitrogens with zero attached hydrogens (tertiary/aromatic N) is 2. The van der Waals surface area contributed by atoms with Crippen LogP contribution in [0.4, 0.5) is 5.69 Å². The number of halogens is 2. The summed E-state index contributed by atoms with van der Waals surface area (Å²) >= 11 is 5.63. The third-order valence-corrected chi connectivity index (χ3v) is 6.26. The Balaban J connectivity index is 1.98. The molecule has 4 nitrogen and oxygen atoms in total. The normalized spacial score (nSPS) is 17.5. The molecule has 0 radical (unpaired) electrons. The van der Waals surface area contributed by atoms with Crippen molar-refractivity contribution in [3.05, 3.63) is 59.6 Å². The van der Waals surface area contributed by atoms with E-state index in [1.54, 1.807) is 11.0 Å². The van der Waals surface area contributed by atoms with Crippen LogP contribution in [-0.2, 0) is 4.79 Å². The van der Waals surface area contributed by atoms with E-state index in [9.17, 15) is 9.90 Å². The first kappa shape index (κ1) is 19.7. The lowest BCUT2D eigenvalue weighted by Gasteiger charge is -2.12. The zero-order valence-electron chi connectivity index (χ0n) is 14.2. The number of amides is 1. The van der Waals surface area contributed by atoms with Crippen molar-refractivity contribution in [3.8, 4) is 5.75 Å². The fraction of sp³-hybridized carbons (Fsp3) is 0.158. The number of amidine groups is 1. The van der Waals surface area contributed by atoms with Gasteiger partial charge >= 0.3 is 0 Å². The van der Waals surface area contributed by atoms with Gasteiger partial charge in [0, 0.05) is 15.7 Å². The molecule has 0 unspecified atom stereocenters. The number of carbonyl (C=O) groups is 1. The van der Waals surface area contributed by atoms with Gasteiger partial charge in [-0.25, -0.2) is 4.99 Å². The maximum atomic E-state index is 12.7. The van der Waals surface area contributed by atoms with E-state index in [1.165, 1.54) is 17.3 Å². The zero-order chi connectivity index (χ0) is 18.8. The van der Waals surface area contributed by atoms with Gasteiger partial charge in [-0.15, -0.1) is 0 Å². The van der Waals surface area contributed by atoms with Crippen LogP contribution in [0.15, 0.2) is 46.3 Å². The molecule has 1 heterocycles. The second-order valence-corrected chi connectivity index (χ2v) is 9.13. The van der Waals surface area contributed by atoms with Crippen molar-refractivity contribution in [3.63, 3.8) is 0 Å². The number of thioether (sulfide) groups is 1. The van der Waals surface area contributed by atoms with Crippen molar-refractivity contribution in [2.45, 2.75) is 13.8 Å². The quantitative estimate of drug-likeness (QED) is 0.378. The standard InChI is InChI=1S/C19H16I2N2O2S/c1-3-23-18(25)16(9-12-8-13(20)10-15(21)17(12)24)26-19(23)22-14-6-4-11(2)5-7-14/h4-10,24H,3H2,1-2H3/b16-9+,22-19?. The minimum atomic E-state index is -0.0865. The van der Waals surface area contributed by atoms with Gasteiger partial charge in [-0.1, -0.05) is 17.7 Å². The van der Waals surface area contributed by atoms with E-state index < -0.39 is 0 Å². The highest BCUT2D eigenvalue weighted by Crippen LogP contribution is 2.36. The Bertz CT molecular complexity index is 924. The molecule has 0 bridgehead atoms. The van der Waals surface area contributed by atoms with E-state index in [2.05, 4.69) is 50.2 Å². The van der Waals surface area contributed by atoms with Crippen LogP contribution in [0.2, 0.25) is 0 Å². The molecular formula is C19H16I2N2O2S. The lowest BCUT2D eigenvalue weighted by atomic mass is 10.2. The van der Waals surface area contributed by atoms with Crippen LogP contribution in [0.3, 0.4) is 0 Å². The van der Waals surface area contributed by atoms with Crippen molar-refractivity contribution in [2.24, 2.45) is 4.99 Å². The zero-order valence-corrected chi connectivity index (χ0v) is 19.3. The summed E-state index contributed by atoms with van der Waals surface area (Å²) in [6.45, 7) is 4.50. The van der Waals surface area contributed by atoms with Crippen molar-refractivity contribution in [1.29, 1.82) is 0 Å². The van der Waals surface area contributed by atoms with Crippen LogP contribution >= 0.6 is 56.9 Å². The summed E-state index contributed by atoms with van der Waals surface area (Å²) in [5.41, 5.74) is 2.63. The molecule has 26 heavy (non-hydrogen) atoms. The molecule has 0 aromatic heterocycles. The van der Waals surface area contributed by atoms with Crippen LogP contribution < -0.4 is 0 Å². The van der Waals surface area contributed by atoms with Crippen LogP contribution in [0.1, 0.15) is 18.1 Å². The van der Waals surface area contributed by atoms with E-state index in [-0.39, 0.29) is 11.7 Å². The third-order valence-electron chi connectivity index (χ3n) is 3.81. The number of aromatic hydroxyl groups is 1. The molecule has 134 valence electrons. The molecule has 1 aliphatic rings. The first-order valence-electron chi connectivity index (χ1n) is 7.94. The van der Waals surface area contributed by atoms with E-state index in [0.717, 1.165) is 12.8 Å². The molecule has 1 aliphatic heterocycles. The largest absolute Gasteiger partial charge is 0.506 e. The molecule has 1 N–H and O–H groups in total. The summed E-state index contributed by atoms with van der Waals surface area (Å²) in [7, 11) is 0. The summed E-state index contributed by atoms with van der Waals surface area (Å²) in [5.74, 6) is 0.107. The fourth-order valence-electron chi connectivity index (χ4n) is 2.44. The topological polar surface area (TPSA) is 52.9 Å². The molecule has 0 aliphatic carbocycles. The number of hydrogen-bond donors (Lipinski definition) is 1. The Morgan fingerprint density at radius 1 is 1.23 bits per heavy atom. The molecule has 1 saturated heterocycles. The Kier molecular flexibility index (Phi) is 6.29.